The average Bonchev–Trinajstić information content (AvgIpc) is 3.12. The highest BCUT2D eigenvalue weighted by molar-refractivity contribution is 9.10. The van der Waals surface area contributed by atoms with Gasteiger partial charge in [0.2, 0.25) is 0 Å². The molecular weight excluding hydrogens is 454 g/mol. The first-order valence-corrected chi connectivity index (χ1v) is 11.1. The molecule has 0 aromatic heterocycles. The van der Waals surface area contributed by atoms with Crippen molar-refractivity contribution < 1.29 is 14.3 Å². The molecule has 0 heterocycles. The number of fused-ring (bicyclic) bond motifs is 3. The van der Waals surface area contributed by atoms with E-state index in [1.807, 2.05) is 54.6 Å². The van der Waals surface area contributed by atoms with Crippen molar-refractivity contribution in [3.8, 4) is 16.9 Å². The van der Waals surface area contributed by atoms with Gasteiger partial charge < -0.3 is 14.8 Å². The van der Waals surface area contributed by atoms with Crippen LogP contribution in [0.15, 0.2) is 77.3 Å². The molecule has 4 rings (SSSR count). The Morgan fingerprint density at radius 1 is 1.03 bits per heavy atom. The smallest absolute Gasteiger partial charge is 0.407 e. The molecule has 0 atom stereocenters. The molecule has 1 aliphatic rings. The molecule has 3 aromatic rings. The highest BCUT2D eigenvalue weighted by Crippen LogP contribution is 2.44. The zero-order valence-corrected chi connectivity index (χ0v) is 18.9. The molecule has 0 spiro atoms. The van der Waals surface area contributed by atoms with Gasteiger partial charge in [0.05, 0.1) is 11.6 Å². The Morgan fingerprint density at radius 2 is 1.71 bits per heavy atom. The number of methoxy groups -OCH3 is 1. The Labute approximate surface area is 191 Å². The molecule has 1 aliphatic carbocycles. The third-order valence-electron chi connectivity index (χ3n) is 5.41. The first-order chi connectivity index (χ1) is 15.2. The van der Waals surface area contributed by atoms with Crippen molar-refractivity contribution in [2.24, 2.45) is 0 Å². The molecule has 5 heteroatoms. The summed E-state index contributed by atoms with van der Waals surface area (Å²) in [5, 5.41) is 2.83. The normalized spacial score (nSPS) is 12.5. The van der Waals surface area contributed by atoms with Gasteiger partial charge in [-0.3, -0.25) is 0 Å². The summed E-state index contributed by atoms with van der Waals surface area (Å²) < 4.78 is 11.8. The lowest BCUT2D eigenvalue weighted by Crippen LogP contribution is -2.26. The summed E-state index contributed by atoms with van der Waals surface area (Å²) in [7, 11) is 1.64. The van der Waals surface area contributed by atoms with Crippen molar-refractivity contribution in [3.05, 3.63) is 94.0 Å². The second-order valence-electron chi connectivity index (χ2n) is 7.34. The molecule has 0 saturated heterocycles. The van der Waals surface area contributed by atoms with E-state index in [1.54, 1.807) is 7.11 Å². The van der Waals surface area contributed by atoms with Crippen molar-refractivity contribution in [1.82, 2.24) is 5.32 Å². The molecule has 0 unspecified atom stereocenters. The van der Waals surface area contributed by atoms with E-state index >= 15 is 0 Å². The lowest BCUT2D eigenvalue weighted by atomic mass is 9.98. The summed E-state index contributed by atoms with van der Waals surface area (Å²) in [6.45, 7) is 0.842. The number of hydrogen-bond donors (Lipinski definition) is 1. The topological polar surface area (TPSA) is 47.6 Å². The van der Waals surface area contributed by atoms with E-state index in [2.05, 4.69) is 45.5 Å². The number of amides is 1. The standard InChI is InChI=1S/C26H24BrNO3/c1-30-25-16-18(13-14-24(25)27)8-6-7-15-28-26(29)31-17-23-21-11-4-2-9-19(21)20-10-3-5-12-22(20)23/h2-6,8-14,16,23H,7,15,17H2,1H3,(H,28,29). The van der Waals surface area contributed by atoms with Gasteiger partial charge in [-0.25, -0.2) is 4.79 Å². The predicted molar refractivity (Wildman–Crippen MR) is 127 cm³/mol. The van der Waals surface area contributed by atoms with Crippen LogP contribution in [-0.2, 0) is 4.74 Å². The Kier molecular flexibility index (Phi) is 6.73. The predicted octanol–water partition coefficient (Wildman–Crippen LogP) is 6.40. The number of benzene rings is 3. The van der Waals surface area contributed by atoms with Gasteiger partial charge >= 0.3 is 6.09 Å². The van der Waals surface area contributed by atoms with Crippen LogP contribution in [0, 0.1) is 0 Å². The minimum Gasteiger partial charge on any atom is -0.496 e. The third kappa shape index (κ3) is 4.83. The molecule has 1 amide bonds. The molecule has 0 fully saturated rings. The van der Waals surface area contributed by atoms with Gasteiger partial charge in [0, 0.05) is 12.5 Å². The second kappa shape index (κ2) is 9.84. The quantitative estimate of drug-likeness (QED) is 0.400. The fourth-order valence-electron chi connectivity index (χ4n) is 3.91. The van der Waals surface area contributed by atoms with Crippen LogP contribution in [0.2, 0.25) is 0 Å². The third-order valence-corrected chi connectivity index (χ3v) is 6.06. The number of carbonyl (C=O) groups excluding carboxylic acids is 1. The first-order valence-electron chi connectivity index (χ1n) is 10.3. The van der Waals surface area contributed by atoms with Gasteiger partial charge in [-0.05, 0) is 62.3 Å². The van der Waals surface area contributed by atoms with Crippen molar-refractivity contribution in [1.29, 1.82) is 0 Å². The summed E-state index contributed by atoms with van der Waals surface area (Å²) in [6, 6.07) is 22.5. The summed E-state index contributed by atoms with van der Waals surface area (Å²) in [5.41, 5.74) is 5.92. The Balaban J connectivity index is 1.27. The fraction of sp³-hybridized carbons (Fsp3) is 0.192. The molecule has 0 radical (unpaired) electrons. The van der Waals surface area contributed by atoms with E-state index in [1.165, 1.54) is 22.3 Å². The number of halogens is 1. The van der Waals surface area contributed by atoms with Gasteiger partial charge in [-0.15, -0.1) is 0 Å². The van der Waals surface area contributed by atoms with Crippen molar-refractivity contribution >= 4 is 28.1 Å². The second-order valence-corrected chi connectivity index (χ2v) is 8.19. The Hall–Kier alpha value is -3.05. The van der Waals surface area contributed by atoms with Crippen LogP contribution < -0.4 is 10.1 Å². The zero-order chi connectivity index (χ0) is 21.6. The van der Waals surface area contributed by atoms with E-state index in [0.717, 1.165) is 15.8 Å². The maximum absolute atomic E-state index is 12.2. The van der Waals surface area contributed by atoms with Gasteiger partial charge in [0.15, 0.2) is 0 Å². The van der Waals surface area contributed by atoms with Crippen molar-refractivity contribution in [2.75, 3.05) is 20.3 Å². The summed E-state index contributed by atoms with van der Waals surface area (Å²) in [4.78, 5) is 12.2. The molecule has 4 nitrogen and oxygen atoms in total. The van der Waals surface area contributed by atoms with Crippen LogP contribution >= 0.6 is 15.9 Å². The van der Waals surface area contributed by atoms with Crippen LogP contribution in [-0.4, -0.2) is 26.4 Å². The number of nitrogens with one attached hydrogen (secondary N) is 1. The minimum atomic E-state index is -0.388. The highest BCUT2D eigenvalue weighted by Gasteiger charge is 2.28. The largest absolute Gasteiger partial charge is 0.496 e. The molecule has 31 heavy (non-hydrogen) atoms. The van der Waals surface area contributed by atoms with Gasteiger partial charge in [0.25, 0.3) is 0 Å². The monoisotopic (exact) mass is 477 g/mol. The first kappa shape index (κ1) is 21.2. The van der Waals surface area contributed by atoms with Crippen LogP contribution in [0.5, 0.6) is 5.75 Å². The van der Waals surface area contributed by atoms with Gasteiger partial charge in [-0.1, -0.05) is 66.7 Å². The van der Waals surface area contributed by atoms with E-state index in [4.69, 9.17) is 9.47 Å². The van der Waals surface area contributed by atoms with E-state index in [9.17, 15) is 4.79 Å². The fourth-order valence-corrected chi connectivity index (χ4v) is 4.31. The summed E-state index contributed by atoms with van der Waals surface area (Å²) in [6.07, 6.45) is 4.35. The van der Waals surface area contributed by atoms with Crippen molar-refractivity contribution in [2.45, 2.75) is 12.3 Å². The zero-order valence-electron chi connectivity index (χ0n) is 17.3. The van der Waals surface area contributed by atoms with Crippen LogP contribution in [0.3, 0.4) is 0 Å². The number of hydrogen-bond acceptors (Lipinski definition) is 3. The van der Waals surface area contributed by atoms with Crippen molar-refractivity contribution in [3.63, 3.8) is 0 Å². The summed E-state index contributed by atoms with van der Waals surface area (Å²) in [5.74, 6) is 0.865. The van der Waals surface area contributed by atoms with Gasteiger partial charge in [-0.2, -0.15) is 0 Å². The molecule has 0 saturated carbocycles. The minimum absolute atomic E-state index is 0.0745. The van der Waals surface area contributed by atoms with E-state index in [-0.39, 0.29) is 12.0 Å². The molecule has 0 bridgehead atoms. The summed E-state index contributed by atoms with van der Waals surface area (Å²) >= 11 is 3.45. The maximum Gasteiger partial charge on any atom is 0.407 e. The molecule has 0 aliphatic heterocycles. The molecular formula is C26H24BrNO3. The lowest BCUT2D eigenvalue weighted by molar-refractivity contribution is 0.143. The number of rotatable bonds is 7. The molecule has 158 valence electrons. The highest BCUT2D eigenvalue weighted by atomic mass is 79.9. The van der Waals surface area contributed by atoms with Crippen LogP contribution in [0.1, 0.15) is 29.0 Å². The van der Waals surface area contributed by atoms with E-state index in [0.29, 0.717) is 19.6 Å². The average molecular weight is 478 g/mol. The number of carbonyl (C=O) groups is 1. The van der Waals surface area contributed by atoms with E-state index < -0.39 is 0 Å². The number of ether oxygens (including phenoxy) is 2. The SMILES string of the molecule is COc1cc(C=CCCNC(=O)OCC2c3ccccc3-c3ccccc32)ccc1Br. The van der Waals surface area contributed by atoms with Crippen LogP contribution in [0.25, 0.3) is 17.2 Å². The Bertz CT molecular complexity index is 1060. The Morgan fingerprint density at radius 3 is 2.39 bits per heavy atom. The maximum atomic E-state index is 12.2. The van der Waals surface area contributed by atoms with Crippen LogP contribution in [0.4, 0.5) is 4.79 Å². The number of alkyl carbamates (subject to hydrolysis) is 1. The van der Waals surface area contributed by atoms with Gasteiger partial charge in [0.1, 0.15) is 12.4 Å². The molecule has 1 N–H and O–H groups in total. The molecule has 3 aromatic carbocycles. The lowest BCUT2D eigenvalue weighted by Gasteiger charge is -2.14.